The molecule has 0 bridgehead atoms. The number of aromatic nitrogens is 5. The van der Waals surface area contributed by atoms with Crippen LogP contribution < -0.4 is 5.32 Å². The molecule has 0 radical (unpaired) electrons. The lowest BCUT2D eigenvalue weighted by atomic mass is 10.0. The molecule has 0 spiro atoms. The van der Waals surface area contributed by atoms with E-state index in [1.165, 1.54) is 0 Å². The van der Waals surface area contributed by atoms with Crippen molar-refractivity contribution in [2.24, 2.45) is 7.05 Å². The van der Waals surface area contributed by atoms with Gasteiger partial charge in [-0.15, -0.1) is 5.10 Å². The zero-order chi connectivity index (χ0) is 19.1. The van der Waals surface area contributed by atoms with Gasteiger partial charge in [0.15, 0.2) is 5.69 Å². The summed E-state index contributed by atoms with van der Waals surface area (Å²) in [6.45, 7) is 9.31. The van der Waals surface area contributed by atoms with E-state index < -0.39 is 0 Å². The SMILES string of the molecule is Cc1nn(C)c(C)c1C1COCCN1C(=O)c1nnn(C2CCNC2)c1C. The minimum absolute atomic E-state index is 0.0827. The van der Waals surface area contributed by atoms with Crippen LogP contribution in [0.25, 0.3) is 0 Å². The maximum Gasteiger partial charge on any atom is 0.276 e. The molecule has 2 aromatic rings. The topological polar surface area (TPSA) is 90.1 Å². The molecule has 4 rings (SSSR count). The Morgan fingerprint density at radius 2 is 2.07 bits per heavy atom. The van der Waals surface area contributed by atoms with Crippen LogP contribution >= 0.6 is 0 Å². The molecule has 1 N–H and O–H groups in total. The van der Waals surface area contributed by atoms with E-state index in [9.17, 15) is 4.79 Å². The Labute approximate surface area is 158 Å². The molecule has 27 heavy (non-hydrogen) atoms. The third kappa shape index (κ3) is 3.04. The zero-order valence-corrected chi connectivity index (χ0v) is 16.4. The van der Waals surface area contributed by atoms with Gasteiger partial charge in [-0.05, 0) is 33.7 Å². The van der Waals surface area contributed by atoms with Gasteiger partial charge in [0, 0.05) is 31.4 Å². The van der Waals surface area contributed by atoms with Gasteiger partial charge >= 0.3 is 0 Å². The molecule has 2 aromatic heterocycles. The number of amides is 1. The first-order chi connectivity index (χ1) is 13.0. The second kappa shape index (κ2) is 7.05. The van der Waals surface area contributed by atoms with Crippen LogP contribution in [-0.2, 0) is 11.8 Å². The third-order valence-electron chi connectivity index (χ3n) is 5.80. The average Bonchev–Trinajstić information content (AvgIpc) is 3.35. The Morgan fingerprint density at radius 1 is 1.26 bits per heavy atom. The van der Waals surface area contributed by atoms with E-state index in [2.05, 4.69) is 20.7 Å². The van der Waals surface area contributed by atoms with Crippen molar-refractivity contribution in [2.45, 2.75) is 39.3 Å². The second-order valence-corrected chi connectivity index (χ2v) is 7.41. The Kier molecular flexibility index (Phi) is 4.73. The third-order valence-corrected chi connectivity index (χ3v) is 5.80. The predicted molar refractivity (Wildman–Crippen MR) is 98.6 cm³/mol. The van der Waals surface area contributed by atoms with Gasteiger partial charge in [-0.3, -0.25) is 9.48 Å². The van der Waals surface area contributed by atoms with Gasteiger partial charge < -0.3 is 15.0 Å². The molecule has 4 heterocycles. The van der Waals surface area contributed by atoms with Crippen LogP contribution in [-0.4, -0.2) is 68.4 Å². The number of hydrogen-bond acceptors (Lipinski definition) is 6. The molecular formula is C18H27N7O2. The molecule has 2 unspecified atom stereocenters. The summed E-state index contributed by atoms with van der Waals surface area (Å²) in [4.78, 5) is 15.2. The number of carbonyl (C=O) groups is 1. The largest absolute Gasteiger partial charge is 0.377 e. The van der Waals surface area contributed by atoms with Crippen molar-refractivity contribution < 1.29 is 9.53 Å². The van der Waals surface area contributed by atoms with Crippen LogP contribution in [0.3, 0.4) is 0 Å². The molecule has 2 fully saturated rings. The summed E-state index contributed by atoms with van der Waals surface area (Å²) in [5.74, 6) is -0.0827. The van der Waals surface area contributed by atoms with Crippen molar-refractivity contribution in [1.29, 1.82) is 0 Å². The van der Waals surface area contributed by atoms with Gasteiger partial charge in [-0.2, -0.15) is 5.10 Å². The number of morpholine rings is 1. The fourth-order valence-corrected chi connectivity index (χ4v) is 4.23. The number of nitrogens with one attached hydrogen (secondary N) is 1. The number of hydrogen-bond donors (Lipinski definition) is 1. The molecule has 9 heteroatoms. The number of carbonyl (C=O) groups excluding carboxylic acids is 1. The Bertz CT molecular complexity index is 850. The Morgan fingerprint density at radius 3 is 2.74 bits per heavy atom. The molecule has 2 aliphatic heterocycles. The van der Waals surface area contributed by atoms with Gasteiger partial charge in [0.2, 0.25) is 0 Å². The first kappa shape index (κ1) is 18.1. The minimum Gasteiger partial charge on any atom is -0.377 e. The zero-order valence-electron chi connectivity index (χ0n) is 16.4. The molecule has 2 atom stereocenters. The molecule has 1 amide bonds. The van der Waals surface area contributed by atoms with Gasteiger partial charge in [-0.25, -0.2) is 4.68 Å². The number of nitrogens with zero attached hydrogens (tertiary/aromatic N) is 6. The molecular weight excluding hydrogens is 346 g/mol. The molecule has 0 aromatic carbocycles. The Balaban J connectivity index is 1.65. The number of ether oxygens (including phenoxy) is 1. The lowest BCUT2D eigenvalue weighted by Gasteiger charge is -2.35. The average molecular weight is 373 g/mol. The van der Waals surface area contributed by atoms with Crippen LogP contribution in [0.4, 0.5) is 0 Å². The van der Waals surface area contributed by atoms with Crippen LogP contribution in [0.2, 0.25) is 0 Å². The monoisotopic (exact) mass is 373 g/mol. The molecule has 0 aliphatic carbocycles. The summed E-state index contributed by atoms with van der Waals surface area (Å²) < 4.78 is 9.46. The van der Waals surface area contributed by atoms with Crippen molar-refractivity contribution in [3.63, 3.8) is 0 Å². The molecule has 9 nitrogen and oxygen atoms in total. The lowest BCUT2D eigenvalue weighted by Crippen LogP contribution is -2.44. The van der Waals surface area contributed by atoms with E-state index in [0.717, 1.165) is 42.2 Å². The van der Waals surface area contributed by atoms with Gasteiger partial charge in [0.05, 0.1) is 36.7 Å². The Hall–Kier alpha value is -2.26. The normalized spacial score (nSPS) is 23.2. The van der Waals surface area contributed by atoms with E-state index in [-0.39, 0.29) is 18.0 Å². The van der Waals surface area contributed by atoms with Crippen LogP contribution in [0.5, 0.6) is 0 Å². The van der Waals surface area contributed by atoms with Crippen molar-refractivity contribution in [3.8, 4) is 0 Å². The van der Waals surface area contributed by atoms with Gasteiger partial charge in [-0.1, -0.05) is 5.21 Å². The molecule has 146 valence electrons. The van der Waals surface area contributed by atoms with Crippen molar-refractivity contribution in [3.05, 3.63) is 28.3 Å². The van der Waals surface area contributed by atoms with Gasteiger partial charge in [0.25, 0.3) is 5.91 Å². The van der Waals surface area contributed by atoms with Crippen molar-refractivity contribution in [1.82, 2.24) is 35.0 Å². The smallest absolute Gasteiger partial charge is 0.276 e. The lowest BCUT2D eigenvalue weighted by molar-refractivity contribution is -0.00341. The summed E-state index contributed by atoms with van der Waals surface area (Å²) in [6, 6.07) is 0.111. The minimum atomic E-state index is -0.155. The molecule has 0 saturated carbocycles. The summed E-state index contributed by atoms with van der Waals surface area (Å²) in [6.07, 6.45) is 1.01. The van der Waals surface area contributed by atoms with E-state index in [1.807, 2.05) is 42.1 Å². The fraction of sp³-hybridized carbons (Fsp3) is 0.667. The first-order valence-corrected chi connectivity index (χ1v) is 9.50. The van der Waals surface area contributed by atoms with Crippen molar-refractivity contribution >= 4 is 5.91 Å². The maximum absolute atomic E-state index is 13.4. The van der Waals surface area contributed by atoms with Crippen molar-refractivity contribution in [2.75, 3.05) is 32.8 Å². The van der Waals surface area contributed by atoms with Crippen LogP contribution in [0.15, 0.2) is 0 Å². The summed E-state index contributed by atoms with van der Waals surface area (Å²) >= 11 is 0. The highest BCUT2D eigenvalue weighted by Crippen LogP contribution is 2.31. The molecule has 2 aliphatic rings. The quantitative estimate of drug-likeness (QED) is 0.851. The predicted octanol–water partition coefficient (Wildman–Crippen LogP) is 0.685. The second-order valence-electron chi connectivity index (χ2n) is 7.41. The number of aryl methyl sites for hydroxylation is 2. The van der Waals surface area contributed by atoms with Crippen LogP contribution in [0, 0.1) is 20.8 Å². The van der Waals surface area contributed by atoms with E-state index >= 15 is 0 Å². The van der Waals surface area contributed by atoms with E-state index in [4.69, 9.17) is 4.74 Å². The fourth-order valence-electron chi connectivity index (χ4n) is 4.23. The van der Waals surface area contributed by atoms with E-state index in [0.29, 0.717) is 25.5 Å². The van der Waals surface area contributed by atoms with E-state index in [1.54, 1.807) is 0 Å². The standard InChI is InChI=1S/C18H27N7O2/c1-11-16(12(2)23(4)21-11)15-10-27-8-7-24(15)18(26)17-13(3)25(22-20-17)14-5-6-19-9-14/h14-15,19H,5-10H2,1-4H3. The number of rotatable bonds is 3. The summed E-state index contributed by atoms with van der Waals surface area (Å²) in [5, 5.41) is 16.4. The highest BCUT2D eigenvalue weighted by Gasteiger charge is 2.35. The highest BCUT2D eigenvalue weighted by atomic mass is 16.5. The summed E-state index contributed by atoms with van der Waals surface area (Å²) in [5.41, 5.74) is 4.32. The van der Waals surface area contributed by atoms with Gasteiger partial charge in [0.1, 0.15) is 0 Å². The first-order valence-electron chi connectivity index (χ1n) is 9.50. The van der Waals surface area contributed by atoms with Crippen LogP contribution in [0.1, 0.15) is 51.6 Å². The highest BCUT2D eigenvalue weighted by molar-refractivity contribution is 5.93. The maximum atomic E-state index is 13.4. The summed E-state index contributed by atoms with van der Waals surface area (Å²) in [7, 11) is 1.92. The molecule has 2 saturated heterocycles.